The monoisotopic (exact) mass is 283 g/mol. The molecule has 0 spiro atoms. The maximum atomic E-state index is 9.56. The van der Waals surface area contributed by atoms with E-state index in [1.165, 1.54) is 0 Å². The Morgan fingerprint density at radius 3 is 2.60 bits per heavy atom. The van der Waals surface area contributed by atoms with Gasteiger partial charge in [-0.05, 0) is 19.9 Å². The van der Waals surface area contributed by atoms with Crippen molar-refractivity contribution in [2.75, 3.05) is 27.4 Å². The van der Waals surface area contributed by atoms with E-state index in [1.54, 1.807) is 21.1 Å². The predicted molar refractivity (Wildman–Crippen MR) is 78.3 cm³/mol. The van der Waals surface area contributed by atoms with Gasteiger partial charge in [0.1, 0.15) is 17.6 Å². The number of hydrogen-bond acceptors (Lipinski definition) is 5. The van der Waals surface area contributed by atoms with Crippen molar-refractivity contribution in [2.24, 2.45) is 0 Å². The number of benzene rings is 1. The summed E-state index contributed by atoms with van der Waals surface area (Å²) in [6.45, 7) is 5.66. The van der Waals surface area contributed by atoms with Crippen LogP contribution in [0, 0.1) is 0 Å². The Hall–Kier alpha value is -1.30. The molecule has 0 aliphatic rings. The molecule has 0 saturated carbocycles. The van der Waals surface area contributed by atoms with Gasteiger partial charge in [0.25, 0.3) is 0 Å². The Labute approximate surface area is 120 Å². The van der Waals surface area contributed by atoms with Crippen LogP contribution in [0.3, 0.4) is 0 Å². The summed E-state index contributed by atoms with van der Waals surface area (Å²) in [6, 6.07) is 5.70. The zero-order valence-electron chi connectivity index (χ0n) is 12.7. The molecule has 2 atom stereocenters. The summed E-state index contributed by atoms with van der Waals surface area (Å²) in [6.07, 6.45) is -0.810. The molecule has 1 aromatic carbocycles. The summed E-state index contributed by atoms with van der Waals surface area (Å²) in [5.41, 5.74) is 1.02. The number of ether oxygens (including phenoxy) is 3. The van der Waals surface area contributed by atoms with E-state index in [0.29, 0.717) is 13.2 Å². The number of nitrogens with one attached hydrogen (secondary N) is 1. The van der Waals surface area contributed by atoms with Gasteiger partial charge in [0.05, 0.1) is 19.8 Å². The Morgan fingerprint density at radius 2 is 2.00 bits per heavy atom. The molecule has 2 N–H and O–H groups in total. The van der Waals surface area contributed by atoms with Crippen molar-refractivity contribution >= 4 is 0 Å². The summed E-state index contributed by atoms with van der Waals surface area (Å²) in [4.78, 5) is 0. The van der Waals surface area contributed by atoms with Gasteiger partial charge in [0.2, 0.25) is 0 Å². The largest absolute Gasteiger partial charge is 0.497 e. The third kappa shape index (κ3) is 5.36. The molecular weight excluding hydrogens is 258 g/mol. The van der Waals surface area contributed by atoms with Crippen LogP contribution < -0.4 is 14.8 Å². The zero-order chi connectivity index (χ0) is 15.0. The topological polar surface area (TPSA) is 60.0 Å². The average molecular weight is 283 g/mol. The lowest BCUT2D eigenvalue weighted by atomic mass is 10.1. The third-order valence-corrected chi connectivity index (χ3v) is 3.06. The number of rotatable bonds is 9. The van der Waals surface area contributed by atoms with Crippen LogP contribution in [0.15, 0.2) is 18.2 Å². The van der Waals surface area contributed by atoms with E-state index >= 15 is 0 Å². The molecule has 0 bridgehead atoms. The molecule has 20 heavy (non-hydrogen) atoms. The van der Waals surface area contributed by atoms with Gasteiger partial charge in [-0.3, -0.25) is 0 Å². The smallest absolute Gasteiger partial charge is 0.128 e. The number of aliphatic hydroxyl groups excluding tert-OH is 1. The van der Waals surface area contributed by atoms with Gasteiger partial charge < -0.3 is 24.6 Å². The molecular formula is C15H25NO4. The first kappa shape index (κ1) is 16.8. The lowest BCUT2D eigenvalue weighted by molar-refractivity contribution is 0.0596. The molecule has 2 unspecified atom stereocenters. The maximum absolute atomic E-state index is 9.56. The molecule has 0 heterocycles. The second-order valence-corrected chi connectivity index (χ2v) is 4.71. The predicted octanol–water partition coefficient (Wildman–Crippen LogP) is 1.58. The summed E-state index contributed by atoms with van der Waals surface area (Å²) in [7, 11) is 3.29. The molecule has 5 heteroatoms. The first-order chi connectivity index (χ1) is 9.58. The van der Waals surface area contributed by atoms with E-state index in [-0.39, 0.29) is 6.10 Å². The molecule has 0 radical (unpaired) electrons. The Morgan fingerprint density at radius 1 is 1.25 bits per heavy atom. The van der Waals surface area contributed by atoms with Gasteiger partial charge in [-0.1, -0.05) is 6.07 Å². The first-order valence-corrected chi connectivity index (χ1v) is 6.79. The minimum atomic E-state index is -0.532. The van der Waals surface area contributed by atoms with Crippen LogP contribution in [-0.2, 0) is 11.3 Å². The Balaban J connectivity index is 2.75. The molecule has 0 saturated heterocycles. The lowest BCUT2D eigenvalue weighted by Crippen LogP contribution is -2.26. The standard InChI is InChI=1S/C15H25NO4/c1-11(17)12(2)20-15-9-14(19-4)6-5-13(15)10-16-7-8-18-3/h5-6,9,11-12,16-17H,7-8,10H2,1-4H3. The van der Waals surface area contributed by atoms with E-state index in [1.807, 2.05) is 25.1 Å². The molecule has 1 aromatic rings. The molecule has 0 aliphatic carbocycles. The van der Waals surface area contributed by atoms with Gasteiger partial charge in [-0.2, -0.15) is 0 Å². The van der Waals surface area contributed by atoms with Crippen LogP contribution in [0.25, 0.3) is 0 Å². The van der Waals surface area contributed by atoms with Crippen LogP contribution >= 0.6 is 0 Å². The highest BCUT2D eigenvalue weighted by atomic mass is 16.5. The second kappa shape index (κ2) is 8.79. The minimum Gasteiger partial charge on any atom is -0.497 e. The SMILES string of the molecule is COCCNCc1ccc(OC)cc1OC(C)C(C)O. The fourth-order valence-electron chi connectivity index (χ4n) is 1.61. The minimum absolute atomic E-state index is 0.278. The summed E-state index contributed by atoms with van der Waals surface area (Å²) >= 11 is 0. The van der Waals surface area contributed by atoms with Crippen molar-refractivity contribution in [3.05, 3.63) is 23.8 Å². The van der Waals surface area contributed by atoms with Crippen LogP contribution in [0.4, 0.5) is 0 Å². The molecule has 0 aromatic heterocycles. The third-order valence-electron chi connectivity index (χ3n) is 3.06. The van der Waals surface area contributed by atoms with Gasteiger partial charge in [-0.15, -0.1) is 0 Å². The molecule has 0 aliphatic heterocycles. The fourth-order valence-corrected chi connectivity index (χ4v) is 1.61. The summed E-state index contributed by atoms with van der Waals surface area (Å²) in [5.74, 6) is 1.46. The van der Waals surface area contributed by atoms with E-state index in [0.717, 1.165) is 23.6 Å². The van der Waals surface area contributed by atoms with Gasteiger partial charge in [0, 0.05) is 31.8 Å². The molecule has 5 nitrogen and oxygen atoms in total. The Kier molecular flexibility index (Phi) is 7.36. The van der Waals surface area contributed by atoms with E-state index in [9.17, 15) is 5.11 Å². The summed E-state index contributed by atoms with van der Waals surface area (Å²) < 4.78 is 16.0. The quantitative estimate of drug-likeness (QED) is 0.674. The highest BCUT2D eigenvalue weighted by molar-refractivity contribution is 5.40. The van der Waals surface area contributed by atoms with Crippen LogP contribution in [0.2, 0.25) is 0 Å². The van der Waals surface area contributed by atoms with Gasteiger partial charge >= 0.3 is 0 Å². The fraction of sp³-hybridized carbons (Fsp3) is 0.600. The van der Waals surface area contributed by atoms with Crippen molar-refractivity contribution < 1.29 is 19.3 Å². The number of methoxy groups -OCH3 is 2. The normalized spacial score (nSPS) is 13.8. The average Bonchev–Trinajstić information content (AvgIpc) is 2.44. The Bertz CT molecular complexity index is 395. The lowest BCUT2D eigenvalue weighted by Gasteiger charge is -2.20. The molecule has 1 rings (SSSR count). The van der Waals surface area contributed by atoms with Crippen LogP contribution in [0.1, 0.15) is 19.4 Å². The second-order valence-electron chi connectivity index (χ2n) is 4.71. The number of aliphatic hydroxyl groups is 1. The van der Waals surface area contributed by atoms with Gasteiger partial charge in [-0.25, -0.2) is 0 Å². The van der Waals surface area contributed by atoms with E-state index < -0.39 is 6.10 Å². The van der Waals surface area contributed by atoms with Crippen molar-refractivity contribution in [2.45, 2.75) is 32.6 Å². The summed E-state index contributed by atoms with van der Waals surface area (Å²) in [5, 5.41) is 12.8. The van der Waals surface area contributed by atoms with Crippen molar-refractivity contribution in [3.8, 4) is 11.5 Å². The first-order valence-electron chi connectivity index (χ1n) is 6.79. The number of hydrogen-bond donors (Lipinski definition) is 2. The van der Waals surface area contributed by atoms with Crippen LogP contribution in [0.5, 0.6) is 11.5 Å². The molecule has 0 amide bonds. The molecule has 114 valence electrons. The van der Waals surface area contributed by atoms with Gasteiger partial charge in [0.15, 0.2) is 0 Å². The van der Waals surface area contributed by atoms with Crippen molar-refractivity contribution in [1.82, 2.24) is 5.32 Å². The highest BCUT2D eigenvalue weighted by Crippen LogP contribution is 2.26. The zero-order valence-corrected chi connectivity index (χ0v) is 12.7. The highest BCUT2D eigenvalue weighted by Gasteiger charge is 2.13. The van der Waals surface area contributed by atoms with Crippen molar-refractivity contribution in [3.63, 3.8) is 0 Å². The van der Waals surface area contributed by atoms with E-state index in [4.69, 9.17) is 14.2 Å². The van der Waals surface area contributed by atoms with Crippen molar-refractivity contribution in [1.29, 1.82) is 0 Å². The molecule has 0 fully saturated rings. The van der Waals surface area contributed by atoms with Crippen LogP contribution in [-0.4, -0.2) is 44.7 Å². The maximum Gasteiger partial charge on any atom is 0.128 e. The van der Waals surface area contributed by atoms with E-state index in [2.05, 4.69) is 5.32 Å².